The second kappa shape index (κ2) is 15.7. The fraction of sp³-hybridized carbons (Fsp3) is 0. The van der Waals surface area contributed by atoms with Gasteiger partial charge in [0, 0.05) is 50.2 Å². The molecule has 2 heterocycles. The molecular weight excluding hydrogens is 777 g/mol. The molecule has 0 bridgehead atoms. The molecule has 12 rings (SSSR count). The molecule has 0 unspecified atom stereocenters. The smallest absolute Gasteiger partial charge is 0.0973 e. The fourth-order valence-electron chi connectivity index (χ4n) is 9.37. The van der Waals surface area contributed by atoms with Gasteiger partial charge in [-0.25, -0.2) is 9.97 Å². The molecule has 10 aromatic carbocycles. The van der Waals surface area contributed by atoms with Crippen molar-refractivity contribution in [1.29, 1.82) is 0 Å². The number of rotatable bonds is 8. The monoisotopic (exact) mass is 816 g/mol. The van der Waals surface area contributed by atoms with Crippen molar-refractivity contribution in [1.82, 2.24) is 14.5 Å². The van der Waals surface area contributed by atoms with Crippen LogP contribution in [0.2, 0.25) is 0 Å². The third kappa shape index (κ3) is 6.48. The molecule has 0 aliphatic carbocycles. The topological polar surface area (TPSA) is 34.0 Å². The number of fused-ring (bicyclic) bond motifs is 6. The van der Waals surface area contributed by atoms with Gasteiger partial charge in [-0.1, -0.05) is 182 Å². The molecule has 12 aromatic rings. The van der Waals surface area contributed by atoms with Gasteiger partial charge in [-0.05, 0) is 88.1 Å². The zero-order valence-corrected chi connectivity index (χ0v) is 34.9. The summed E-state index contributed by atoms with van der Waals surface area (Å²) in [6, 6.07) is 86.3. The summed E-state index contributed by atoms with van der Waals surface area (Å²) in [7, 11) is 0. The lowest BCUT2D eigenvalue weighted by atomic mass is 10.0. The molecule has 4 nitrogen and oxygen atoms in total. The van der Waals surface area contributed by atoms with E-state index in [1.807, 2.05) is 12.1 Å². The molecule has 0 fully saturated rings. The Kier molecular flexibility index (Phi) is 9.12. The first-order chi connectivity index (χ1) is 31.7. The van der Waals surface area contributed by atoms with Crippen LogP contribution in [0.25, 0.3) is 94.1 Å². The van der Waals surface area contributed by atoms with Crippen molar-refractivity contribution in [3.8, 4) is 50.5 Å². The van der Waals surface area contributed by atoms with Gasteiger partial charge in [-0.3, -0.25) is 0 Å². The van der Waals surface area contributed by atoms with Crippen molar-refractivity contribution in [2.45, 2.75) is 0 Å². The Morgan fingerprint density at radius 2 is 0.922 bits per heavy atom. The van der Waals surface area contributed by atoms with Crippen LogP contribution in [0.3, 0.4) is 0 Å². The minimum atomic E-state index is 0.854. The van der Waals surface area contributed by atoms with Crippen LogP contribution in [-0.4, -0.2) is 14.5 Å². The summed E-state index contributed by atoms with van der Waals surface area (Å²) in [6.45, 7) is 0. The van der Waals surface area contributed by atoms with Crippen LogP contribution in [0.15, 0.2) is 243 Å². The number of hydrogen-bond donors (Lipinski definition) is 0. The van der Waals surface area contributed by atoms with Crippen molar-refractivity contribution in [3.63, 3.8) is 0 Å². The van der Waals surface area contributed by atoms with Crippen LogP contribution in [0, 0.1) is 0 Å². The van der Waals surface area contributed by atoms with E-state index in [4.69, 9.17) is 9.97 Å². The zero-order chi connectivity index (χ0) is 42.4. The Labute approximate surface area is 371 Å². The molecule has 0 saturated carbocycles. The molecule has 0 atom stereocenters. The third-order valence-corrected chi connectivity index (χ3v) is 12.3. The van der Waals surface area contributed by atoms with Crippen LogP contribution < -0.4 is 4.90 Å². The van der Waals surface area contributed by atoms with Gasteiger partial charge in [0.1, 0.15) is 0 Å². The minimum absolute atomic E-state index is 0.854. The van der Waals surface area contributed by atoms with Crippen molar-refractivity contribution >= 4 is 60.7 Å². The molecule has 0 saturated heterocycles. The van der Waals surface area contributed by atoms with Gasteiger partial charge >= 0.3 is 0 Å². The van der Waals surface area contributed by atoms with Crippen molar-refractivity contribution in [2.24, 2.45) is 0 Å². The van der Waals surface area contributed by atoms with E-state index < -0.39 is 0 Å². The highest BCUT2D eigenvalue weighted by Gasteiger charge is 2.21. The van der Waals surface area contributed by atoms with E-state index >= 15 is 0 Å². The molecule has 0 aliphatic heterocycles. The summed E-state index contributed by atoms with van der Waals surface area (Å²) in [5.74, 6) is 0. The number of para-hydroxylation sites is 2. The second-order valence-electron chi connectivity index (χ2n) is 16.2. The van der Waals surface area contributed by atoms with Gasteiger partial charge in [0.15, 0.2) is 0 Å². The first-order valence-electron chi connectivity index (χ1n) is 21.7. The van der Waals surface area contributed by atoms with Gasteiger partial charge in [0.2, 0.25) is 0 Å². The summed E-state index contributed by atoms with van der Waals surface area (Å²) in [4.78, 5) is 13.1. The Balaban J connectivity index is 1.06. The molecule has 0 radical (unpaired) electrons. The number of aromatic nitrogens is 3. The fourth-order valence-corrected chi connectivity index (χ4v) is 9.37. The van der Waals surface area contributed by atoms with E-state index in [1.54, 1.807) is 0 Å². The minimum Gasteiger partial charge on any atom is -0.310 e. The highest BCUT2D eigenvalue weighted by Crippen LogP contribution is 2.43. The van der Waals surface area contributed by atoms with E-state index in [-0.39, 0.29) is 0 Å². The zero-order valence-electron chi connectivity index (χ0n) is 34.9. The predicted octanol–water partition coefficient (Wildman–Crippen LogP) is 16.0. The lowest BCUT2D eigenvalue weighted by Crippen LogP contribution is -2.10. The maximum absolute atomic E-state index is 5.46. The maximum atomic E-state index is 5.46. The molecular formula is C60H40N4. The molecule has 300 valence electrons. The number of hydrogen-bond acceptors (Lipinski definition) is 3. The first kappa shape index (κ1) is 37.2. The van der Waals surface area contributed by atoms with Crippen LogP contribution >= 0.6 is 0 Å². The largest absolute Gasteiger partial charge is 0.310 e. The van der Waals surface area contributed by atoms with Crippen LogP contribution in [-0.2, 0) is 0 Å². The summed E-state index contributed by atoms with van der Waals surface area (Å²) < 4.78 is 2.44. The van der Waals surface area contributed by atoms with Gasteiger partial charge in [-0.15, -0.1) is 0 Å². The van der Waals surface area contributed by atoms with E-state index in [2.05, 4.69) is 240 Å². The Hall–Kier alpha value is -8.60. The summed E-state index contributed by atoms with van der Waals surface area (Å²) in [6.07, 6.45) is 0. The van der Waals surface area contributed by atoms with E-state index in [1.165, 1.54) is 32.7 Å². The summed E-state index contributed by atoms with van der Waals surface area (Å²) in [5.41, 5.74) is 16.6. The number of nitrogens with zero attached hydrogens (tertiary/aromatic N) is 4. The van der Waals surface area contributed by atoms with Crippen LogP contribution in [0.5, 0.6) is 0 Å². The van der Waals surface area contributed by atoms with Crippen LogP contribution in [0.4, 0.5) is 17.1 Å². The quantitative estimate of drug-likeness (QED) is 0.153. The summed E-state index contributed by atoms with van der Waals surface area (Å²) in [5, 5.41) is 4.89. The molecule has 0 spiro atoms. The van der Waals surface area contributed by atoms with Crippen LogP contribution in [0.1, 0.15) is 0 Å². The van der Waals surface area contributed by atoms with Gasteiger partial charge in [0.05, 0.1) is 33.5 Å². The molecule has 0 N–H and O–H groups in total. The standard InChI is InChI=1S/C60H40N4/c1-5-17-41(18-6-1)42-31-34-48(35-32-42)63(47-25-11-4-12-26-47)50-36-37-53-56(40-50)64(55-38-33-43-19-13-14-28-51(43)57(53)55)49-27-15-24-46(39-49)52-29-16-30-54-60(52)62-59(45-22-9-3-10-23-45)58(61-54)44-20-7-2-8-21-44/h1-40H. The first-order valence-corrected chi connectivity index (χ1v) is 21.7. The average Bonchev–Trinajstić information content (AvgIpc) is 3.71. The Bertz CT molecular complexity index is 3640. The number of benzene rings is 10. The van der Waals surface area contributed by atoms with E-state index in [9.17, 15) is 0 Å². The Morgan fingerprint density at radius 1 is 0.344 bits per heavy atom. The van der Waals surface area contributed by atoms with Crippen molar-refractivity contribution in [2.75, 3.05) is 4.90 Å². The Morgan fingerprint density at radius 3 is 1.66 bits per heavy atom. The van der Waals surface area contributed by atoms with E-state index in [0.717, 1.165) is 78.5 Å². The molecule has 4 heteroatoms. The molecule has 2 aromatic heterocycles. The summed E-state index contributed by atoms with van der Waals surface area (Å²) >= 11 is 0. The predicted molar refractivity (Wildman–Crippen MR) is 268 cm³/mol. The normalized spacial score (nSPS) is 11.4. The molecule has 0 aliphatic rings. The van der Waals surface area contributed by atoms with Gasteiger partial charge in [-0.2, -0.15) is 0 Å². The lowest BCUT2D eigenvalue weighted by molar-refractivity contribution is 1.18. The molecule has 0 amide bonds. The lowest BCUT2D eigenvalue weighted by Gasteiger charge is -2.26. The SMILES string of the molecule is c1ccc(-c2ccc(N(c3ccccc3)c3ccc4c5c6ccccc6ccc5n(-c5cccc(-c6cccc7nc(-c8ccccc8)c(-c8ccccc8)nc67)c5)c4c3)cc2)cc1. The second-order valence-corrected chi connectivity index (χ2v) is 16.2. The van der Waals surface area contributed by atoms with Gasteiger partial charge in [0.25, 0.3) is 0 Å². The van der Waals surface area contributed by atoms with Crippen molar-refractivity contribution in [3.05, 3.63) is 243 Å². The van der Waals surface area contributed by atoms with E-state index in [0.29, 0.717) is 0 Å². The number of anilines is 3. The highest BCUT2D eigenvalue weighted by atomic mass is 15.1. The molecule has 64 heavy (non-hydrogen) atoms. The van der Waals surface area contributed by atoms with Gasteiger partial charge < -0.3 is 9.47 Å². The highest BCUT2D eigenvalue weighted by molar-refractivity contribution is 6.22. The average molecular weight is 817 g/mol. The van der Waals surface area contributed by atoms with Crippen molar-refractivity contribution < 1.29 is 0 Å². The maximum Gasteiger partial charge on any atom is 0.0973 e. The third-order valence-electron chi connectivity index (χ3n) is 12.3.